The molecule has 1 saturated carbocycles. The van der Waals surface area contributed by atoms with E-state index in [1.54, 1.807) is 13.4 Å². The summed E-state index contributed by atoms with van der Waals surface area (Å²) in [5.41, 5.74) is 1.30. The number of hydrogen-bond donors (Lipinski definition) is 1. The van der Waals surface area contributed by atoms with E-state index in [1.165, 1.54) is 0 Å². The van der Waals surface area contributed by atoms with Crippen molar-refractivity contribution >= 4 is 16.9 Å². The molecule has 1 amide bonds. The molecule has 0 radical (unpaired) electrons. The average molecular weight is 311 g/mol. The largest absolute Gasteiger partial charge is 0.358 e. The van der Waals surface area contributed by atoms with E-state index in [0.29, 0.717) is 18.3 Å². The van der Waals surface area contributed by atoms with Crippen molar-refractivity contribution in [3.8, 4) is 0 Å². The molecule has 118 valence electrons. The minimum atomic E-state index is -0.642. The third kappa shape index (κ3) is 2.11. The van der Waals surface area contributed by atoms with Gasteiger partial charge in [0, 0.05) is 7.05 Å². The predicted molar refractivity (Wildman–Crippen MR) is 82.7 cm³/mol. The Hall–Kier alpha value is -2.70. The van der Waals surface area contributed by atoms with E-state index in [4.69, 9.17) is 4.52 Å². The fourth-order valence-electron chi connectivity index (χ4n) is 3.11. The topological polar surface area (TPSA) is 85.8 Å². The molecular weight excluding hydrogens is 294 g/mol. The Morgan fingerprint density at radius 3 is 2.96 bits per heavy atom. The fourth-order valence-corrected chi connectivity index (χ4v) is 3.11. The molecule has 1 aromatic carbocycles. The van der Waals surface area contributed by atoms with Crippen molar-refractivity contribution in [3.05, 3.63) is 42.3 Å². The zero-order chi connectivity index (χ0) is 15.9. The quantitative estimate of drug-likeness (QED) is 0.791. The van der Waals surface area contributed by atoms with Crippen LogP contribution in [0, 0.1) is 0 Å². The van der Waals surface area contributed by atoms with Crippen LogP contribution in [0.3, 0.4) is 0 Å². The van der Waals surface area contributed by atoms with Gasteiger partial charge in [-0.1, -0.05) is 23.7 Å². The van der Waals surface area contributed by atoms with Gasteiger partial charge in [0.15, 0.2) is 5.82 Å². The van der Waals surface area contributed by atoms with Crippen molar-refractivity contribution in [2.75, 3.05) is 7.05 Å². The number of carbonyl (C=O) groups excluding carboxylic acids is 1. The number of likely N-dealkylation sites (N-methyl/N-ethyl adjacent to an activating group) is 1. The average Bonchev–Trinajstić information content (AvgIpc) is 3.15. The highest BCUT2D eigenvalue weighted by molar-refractivity contribution is 5.87. The van der Waals surface area contributed by atoms with Crippen LogP contribution >= 0.6 is 0 Å². The molecule has 2 aromatic heterocycles. The van der Waals surface area contributed by atoms with Crippen LogP contribution in [-0.2, 0) is 16.8 Å². The third-order valence-electron chi connectivity index (χ3n) is 4.59. The van der Waals surface area contributed by atoms with Gasteiger partial charge in [-0.05, 0) is 25.0 Å². The SMILES string of the molecule is CNC(=O)C1(c2nc(Cn3cnc4ccccc43)no2)CCC1. The van der Waals surface area contributed by atoms with Gasteiger partial charge in [-0.25, -0.2) is 4.98 Å². The van der Waals surface area contributed by atoms with Crippen LogP contribution in [0.15, 0.2) is 35.1 Å². The number of rotatable bonds is 4. The Balaban J connectivity index is 1.62. The Morgan fingerprint density at radius 1 is 1.39 bits per heavy atom. The van der Waals surface area contributed by atoms with Crippen LogP contribution in [-0.4, -0.2) is 32.6 Å². The lowest BCUT2D eigenvalue weighted by Gasteiger charge is -2.35. The maximum atomic E-state index is 12.2. The number of imidazole rings is 1. The molecule has 7 nitrogen and oxygen atoms in total. The molecule has 1 fully saturated rings. The highest BCUT2D eigenvalue weighted by atomic mass is 16.5. The molecule has 1 N–H and O–H groups in total. The first-order valence-electron chi connectivity index (χ1n) is 7.68. The Labute approximate surface area is 132 Å². The fraction of sp³-hybridized carbons (Fsp3) is 0.375. The number of nitrogens with zero attached hydrogens (tertiary/aromatic N) is 4. The normalized spacial score (nSPS) is 16.2. The molecule has 0 aliphatic heterocycles. The number of fused-ring (bicyclic) bond motifs is 1. The molecule has 0 atom stereocenters. The first-order valence-corrected chi connectivity index (χ1v) is 7.68. The maximum Gasteiger partial charge on any atom is 0.242 e. The zero-order valence-corrected chi connectivity index (χ0v) is 12.8. The molecule has 4 rings (SSSR count). The number of hydrogen-bond acceptors (Lipinski definition) is 5. The summed E-state index contributed by atoms with van der Waals surface area (Å²) in [7, 11) is 1.64. The second-order valence-corrected chi connectivity index (χ2v) is 5.89. The Kier molecular flexibility index (Phi) is 3.14. The van der Waals surface area contributed by atoms with Crippen molar-refractivity contribution in [2.45, 2.75) is 31.2 Å². The molecule has 23 heavy (non-hydrogen) atoms. The van der Waals surface area contributed by atoms with Crippen LogP contribution in [0.4, 0.5) is 0 Å². The monoisotopic (exact) mass is 311 g/mol. The first-order chi connectivity index (χ1) is 11.2. The van der Waals surface area contributed by atoms with E-state index in [2.05, 4.69) is 20.4 Å². The molecule has 0 bridgehead atoms. The van der Waals surface area contributed by atoms with Crippen molar-refractivity contribution in [1.82, 2.24) is 25.0 Å². The van der Waals surface area contributed by atoms with Gasteiger partial charge in [-0.2, -0.15) is 4.98 Å². The lowest BCUT2D eigenvalue weighted by molar-refractivity contribution is -0.130. The zero-order valence-electron chi connectivity index (χ0n) is 12.8. The highest BCUT2D eigenvalue weighted by Gasteiger charge is 2.50. The number of amides is 1. The second kappa shape index (κ2) is 5.19. The lowest BCUT2D eigenvalue weighted by atomic mass is 9.68. The number of nitrogens with one attached hydrogen (secondary N) is 1. The van der Waals surface area contributed by atoms with Gasteiger partial charge >= 0.3 is 0 Å². The van der Waals surface area contributed by atoms with E-state index in [-0.39, 0.29) is 5.91 Å². The van der Waals surface area contributed by atoms with Crippen LogP contribution in [0.1, 0.15) is 31.0 Å². The minimum Gasteiger partial charge on any atom is -0.358 e. The number of aromatic nitrogens is 4. The van der Waals surface area contributed by atoms with Crippen molar-refractivity contribution in [1.29, 1.82) is 0 Å². The highest BCUT2D eigenvalue weighted by Crippen LogP contribution is 2.43. The molecule has 2 heterocycles. The molecule has 0 spiro atoms. The maximum absolute atomic E-state index is 12.2. The number of para-hydroxylation sites is 2. The molecular formula is C16H17N5O2. The molecule has 0 unspecified atom stereocenters. The van der Waals surface area contributed by atoms with Gasteiger partial charge in [-0.3, -0.25) is 4.79 Å². The minimum absolute atomic E-state index is 0.0490. The van der Waals surface area contributed by atoms with Crippen molar-refractivity contribution < 1.29 is 9.32 Å². The Bertz CT molecular complexity index is 862. The van der Waals surface area contributed by atoms with Gasteiger partial charge in [0.25, 0.3) is 0 Å². The number of carbonyl (C=O) groups is 1. The standard InChI is InChI=1S/C16H17N5O2/c1-17-14(22)16(7-4-8-16)15-19-13(20-23-15)9-21-10-18-11-5-2-3-6-12(11)21/h2-3,5-6,10H,4,7-9H2,1H3,(H,17,22). The predicted octanol–water partition coefficient (Wildman–Crippen LogP) is 1.64. The van der Waals surface area contributed by atoms with E-state index in [9.17, 15) is 4.79 Å². The van der Waals surface area contributed by atoms with Gasteiger partial charge in [0.2, 0.25) is 11.8 Å². The van der Waals surface area contributed by atoms with Crippen molar-refractivity contribution in [2.24, 2.45) is 0 Å². The van der Waals surface area contributed by atoms with Crippen LogP contribution < -0.4 is 5.32 Å². The van der Waals surface area contributed by atoms with Gasteiger partial charge in [0.05, 0.1) is 23.9 Å². The molecule has 7 heteroatoms. The smallest absolute Gasteiger partial charge is 0.242 e. The van der Waals surface area contributed by atoms with Crippen LogP contribution in [0.25, 0.3) is 11.0 Å². The summed E-state index contributed by atoms with van der Waals surface area (Å²) in [6.07, 6.45) is 4.26. The van der Waals surface area contributed by atoms with Gasteiger partial charge in [0.1, 0.15) is 5.41 Å². The summed E-state index contributed by atoms with van der Waals surface area (Å²) in [4.78, 5) is 21.0. The summed E-state index contributed by atoms with van der Waals surface area (Å²) in [6, 6.07) is 7.89. The third-order valence-corrected chi connectivity index (χ3v) is 4.59. The molecule has 1 aliphatic rings. The Morgan fingerprint density at radius 2 is 2.22 bits per heavy atom. The summed E-state index contributed by atoms with van der Waals surface area (Å²) in [6.45, 7) is 0.466. The lowest BCUT2D eigenvalue weighted by Crippen LogP contribution is -2.48. The second-order valence-electron chi connectivity index (χ2n) is 5.89. The van der Waals surface area contributed by atoms with E-state index in [0.717, 1.165) is 30.3 Å². The molecule has 3 aromatic rings. The van der Waals surface area contributed by atoms with Gasteiger partial charge in [-0.15, -0.1) is 0 Å². The molecule has 1 aliphatic carbocycles. The first kappa shape index (κ1) is 13.9. The molecule has 0 saturated heterocycles. The van der Waals surface area contributed by atoms with Crippen molar-refractivity contribution in [3.63, 3.8) is 0 Å². The van der Waals surface area contributed by atoms with Crippen LogP contribution in [0.2, 0.25) is 0 Å². The van der Waals surface area contributed by atoms with E-state index < -0.39 is 5.41 Å². The van der Waals surface area contributed by atoms with E-state index in [1.807, 2.05) is 28.8 Å². The number of benzene rings is 1. The summed E-state index contributed by atoms with van der Waals surface area (Å²) in [5.74, 6) is 0.924. The summed E-state index contributed by atoms with van der Waals surface area (Å²) < 4.78 is 7.37. The summed E-state index contributed by atoms with van der Waals surface area (Å²) >= 11 is 0. The van der Waals surface area contributed by atoms with Crippen LogP contribution in [0.5, 0.6) is 0 Å². The van der Waals surface area contributed by atoms with Gasteiger partial charge < -0.3 is 14.4 Å². The summed E-state index contributed by atoms with van der Waals surface area (Å²) in [5, 5.41) is 6.75. The van der Waals surface area contributed by atoms with E-state index >= 15 is 0 Å².